The molecular weight excluding hydrogens is 208 g/mol. The van der Waals surface area contributed by atoms with Crippen molar-refractivity contribution in [3.8, 4) is 0 Å². The maximum atomic E-state index is 11.9. The van der Waals surface area contributed by atoms with Gasteiger partial charge < -0.3 is 20.9 Å². The molecule has 1 aliphatic heterocycles. The van der Waals surface area contributed by atoms with E-state index in [1.165, 1.54) is 0 Å². The third-order valence-corrected chi connectivity index (χ3v) is 3.67. The van der Waals surface area contributed by atoms with Crippen molar-refractivity contribution >= 4 is 5.91 Å². The highest BCUT2D eigenvalue weighted by molar-refractivity contribution is 5.83. The van der Waals surface area contributed by atoms with Gasteiger partial charge in [0.15, 0.2) is 0 Å². The molecule has 5 nitrogen and oxygen atoms in total. The molecule has 0 aromatic heterocycles. The number of rotatable bonds is 4. The number of hydrogen-bond donors (Lipinski definition) is 3. The van der Waals surface area contributed by atoms with Gasteiger partial charge in [0.2, 0.25) is 5.91 Å². The summed E-state index contributed by atoms with van der Waals surface area (Å²) >= 11 is 0. The Morgan fingerprint density at radius 1 is 1.69 bits per heavy atom. The molecule has 0 bridgehead atoms. The molecule has 3 unspecified atom stereocenters. The first-order chi connectivity index (χ1) is 7.54. The third kappa shape index (κ3) is 2.21. The number of nitrogens with one attached hydrogen (secondary N) is 1. The molecule has 92 valence electrons. The zero-order chi connectivity index (χ0) is 11.8. The first kappa shape index (κ1) is 11.8. The van der Waals surface area contributed by atoms with Crippen molar-refractivity contribution in [3.63, 3.8) is 0 Å². The lowest BCUT2D eigenvalue weighted by molar-refractivity contribution is -0.131. The van der Waals surface area contributed by atoms with Crippen LogP contribution in [0.3, 0.4) is 0 Å². The van der Waals surface area contributed by atoms with Crippen molar-refractivity contribution in [2.45, 2.75) is 31.9 Å². The lowest BCUT2D eigenvalue weighted by atomic mass is 9.85. The lowest BCUT2D eigenvalue weighted by Crippen LogP contribution is -2.51. The molecule has 1 saturated heterocycles. The van der Waals surface area contributed by atoms with Crippen molar-refractivity contribution in [2.75, 3.05) is 19.8 Å². The van der Waals surface area contributed by atoms with Gasteiger partial charge in [0, 0.05) is 12.6 Å². The average molecular weight is 228 g/mol. The molecule has 0 aromatic carbocycles. The number of aliphatic hydroxyl groups is 1. The minimum atomic E-state index is -0.650. The first-order valence-corrected chi connectivity index (χ1v) is 5.84. The maximum Gasteiger partial charge on any atom is 0.230 e. The monoisotopic (exact) mass is 228 g/mol. The highest BCUT2D eigenvalue weighted by Crippen LogP contribution is 2.32. The van der Waals surface area contributed by atoms with Crippen LogP contribution in [0.4, 0.5) is 0 Å². The summed E-state index contributed by atoms with van der Waals surface area (Å²) in [6, 6.07) is -0.259. The molecule has 0 radical (unpaired) electrons. The predicted octanol–water partition coefficient (Wildman–Crippen LogP) is -0.763. The molecule has 2 aliphatic rings. The number of aliphatic hydroxyl groups excluding tert-OH is 1. The quantitative estimate of drug-likeness (QED) is 0.590. The van der Waals surface area contributed by atoms with E-state index in [2.05, 4.69) is 5.32 Å². The Balaban J connectivity index is 1.82. The van der Waals surface area contributed by atoms with Gasteiger partial charge in [-0.15, -0.1) is 0 Å². The molecule has 2 fully saturated rings. The fourth-order valence-corrected chi connectivity index (χ4v) is 1.97. The molecule has 1 heterocycles. The summed E-state index contributed by atoms with van der Waals surface area (Å²) in [5, 5.41) is 12.4. The molecular formula is C11H20N2O3. The summed E-state index contributed by atoms with van der Waals surface area (Å²) in [5.41, 5.74) is 5.19. The summed E-state index contributed by atoms with van der Waals surface area (Å²) in [6.07, 6.45) is 1.72. The van der Waals surface area contributed by atoms with Gasteiger partial charge in [-0.1, -0.05) is 0 Å². The number of hydrogen-bond acceptors (Lipinski definition) is 4. The van der Waals surface area contributed by atoms with Crippen LogP contribution in [-0.4, -0.2) is 42.9 Å². The molecule has 1 amide bonds. The van der Waals surface area contributed by atoms with Crippen LogP contribution in [0.5, 0.6) is 0 Å². The predicted molar refractivity (Wildman–Crippen MR) is 58.6 cm³/mol. The van der Waals surface area contributed by atoms with Gasteiger partial charge in [-0.25, -0.2) is 0 Å². The van der Waals surface area contributed by atoms with Crippen molar-refractivity contribution < 1.29 is 14.6 Å². The van der Waals surface area contributed by atoms with Crippen LogP contribution in [0.25, 0.3) is 0 Å². The van der Waals surface area contributed by atoms with Gasteiger partial charge in [0.25, 0.3) is 0 Å². The van der Waals surface area contributed by atoms with Crippen LogP contribution >= 0.6 is 0 Å². The van der Waals surface area contributed by atoms with E-state index in [9.17, 15) is 9.90 Å². The first-order valence-electron chi connectivity index (χ1n) is 5.84. The summed E-state index contributed by atoms with van der Waals surface area (Å²) in [5.74, 6) is 0.263. The normalized spacial score (nSPS) is 36.1. The molecule has 0 spiro atoms. The van der Waals surface area contributed by atoms with E-state index in [0.717, 1.165) is 12.8 Å². The molecule has 2 rings (SSSR count). The smallest absolute Gasteiger partial charge is 0.230 e. The van der Waals surface area contributed by atoms with Crippen LogP contribution in [0.2, 0.25) is 0 Å². The largest absolute Gasteiger partial charge is 0.391 e. The van der Waals surface area contributed by atoms with Gasteiger partial charge in [0.05, 0.1) is 24.7 Å². The average Bonchev–Trinajstić information content (AvgIpc) is 3.04. The summed E-state index contributed by atoms with van der Waals surface area (Å²) in [6.45, 7) is 2.92. The van der Waals surface area contributed by atoms with Crippen LogP contribution in [0.1, 0.15) is 19.8 Å². The van der Waals surface area contributed by atoms with Crippen molar-refractivity contribution in [3.05, 3.63) is 0 Å². The summed E-state index contributed by atoms with van der Waals surface area (Å²) in [4.78, 5) is 11.9. The van der Waals surface area contributed by atoms with Gasteiger partial charge in [-0.3, -0.25) is 4.79 Å². The highest BCUT2D eigenvalue weighted by atomic mass is 16.5. The van der Waals surface area contributed by atoms with Gasteiger partial charge in [-0.05, 0) is 25.7 Å². The molecule has 5 heteroatoms. The van der Waals surface area contributed by atoms with Crippen LogP contribution < -0.4 is 11.1 Å². The highest BCUT2D eigenvalue weighted by Gasteiger charge is 2.44. The SMILES string of the molecule is CC1(C(=O)NCC(O)C2CC2)COCC1N. The van der Waals surface area contributed by atoms with Crippen LogP contribution in [0.15, 0.2) is 0 Å². The Morgan fingerprint density at radius 3 is 2.88 bits per heavy atom. The van der Waals surface area contributed by atoms with E-state index in [1.807, 2.05) is 6.92 Å². The summed E-state index contributed by atoms with van der Waals surface area (Å²) < 4.78 is 5.21. The second-order valence-corrected chi connectivity index (χ2v) is 5.15. The third-order valence-electron chi connectivity index (χ3n) is 3.67. The minimum absolute atomic E-state index is 0.114. The number of carbonyl (C=O) groups excluding carboxylic acids is 1. The number of ether oxygens (including phenoxy) is 1. The van der Waals surface area contributed by atoms with Gasteiger partial charge >= 0.3 is 0 Å². The van der Waals surface area contributed by atoms with E-state index in [1.54, 1.807) is 0 Å². The van der Waals surface area contributed by atoms with Gasteiger partial charge in [0.1, 0.15) is 0 Å². The molecule has 1 saturated carbocycles. The molecule has 1 aliphatic carbocycles. The molecule has 16 heavy (non-hydrogen) atoms. The number of nitrogens with two attached hydrogens (primary N) is 1. The Labute approximate surface area is 95.3 Å². The Morgan fingerprint density at radius 2 is 2.38 bits per heavy atom. The fraction of sp³-hybridized carbons (Fsp3) is 0.909. The van der Waals surface area contributed by atoms with E-state index < -0.39 is 11.5 Å². The number of carbonyl (C=O) groups is 1. The Bertz CT molecular complexity index is 280. The second kappa shape index (κ2) is 4.31. The topological polar surface area (TPSA) is 84.6 Å². The zero-order valence-electron chi connectivity index (χ0n) is 9.61. The van der Waals surface area contributed by atoms with Crippen LogP contribution in [0, 0.1) is 11.3 Å². The van der Waals surface area contributed by atoms with Gasteiger partial charge in [-0.2, -0.15) is 0 Å². The summed E-state index contributed by atoms with van der Waals surface area (Å²) in [7, 11) is 0. The van der Waals surface area contributed by atoms with E-state index in [-0.39, 0.29) is 11.9 Å². The standard InChI is InChI=1S/C11H20N2O3/c1-11(6-16-5-9(11)12)10(15)13-4-8(14)7-2-3-7/h7-9,14H,2-6,12H2,1H3,(H,13,15). The van der Waals surface area contributed by atoms with Crippen molar-refractivity contribution in [1.82, 2.24) is 5.32 Å². The van der Waals surface area contributed by atoms with Crippen molar-refractivity contribution in [1.29, 1.82) is 0 Å². The minimum Gasteiger partial charge on any atom is -0.391 e. The Hall–Kier alpha value is -0.650. The lowest BCUT2D eigenvalue weighted by Gasteiger charge is -2.26. The fourth-order valence-electron chi connectivity index (χ4n) is 1.97. The number of amides is 1. The van der Waals surface area contributed by atoms with Crippen molar-refractivity contribution in [2.24, 2.45) is 17.1 Å². The van der Waals surface area contributed by atoms with E-state index in [0.29, 0.717) is 25.7 Å². The van der Waals surface area contributed by atoms with E-state index in [4.69, 9.17) is 10.5 Å². The molecule has 0 aromatic rings. The Kier molecular flexibility index (Phi) is 3.19. The second-order valence-electron chi connectivity index (χ2n) is 5.15. The van der Waals surface area contributed by atoms with E-state index >= 15 is 0 Å². The molecule has 3 atom stereocenters. The maximum absolute atomic E-state index is 11.9. The molecule has 4 N–H and O–H groups in total. The van der Waals surface area contributed by atoms with Crippen LogP contribution in [-0.2, 0) is 9.53 Å². The zero-order valence-corrected chi connectivity index (χ0v) is 9.61.